The van der Waals surface area contributed by atoms with Crippen molar-refractivity contribution in [1.82, 2.24) is 9.88 Å². The fourth-order valence-corrected chi connectivity index (χ4v) is 2.77. The van der Waals surface area contributed by atoms with E-state index < -0.39 is 0 Å². The van der Waals surface area contributed by atoms with Crippen molar-refractivity contribution in [3.8, 4) is 0 Å². The normalized spacial score (nSPS) is 16.0. The topological polar surface area (TPSA) is 54.5 Å². The molecule has 1 saturated heterocycles. The van der Waals surface area contributed by atoms with Crippen LogP contribution < -0.4 is 5.32 Å². The van der Waals surface area contributed by atoms with Crippen molar-refractivity contribution in [2.24, 2.45) is 5.92 Å². The molecular weight excluding hydrogens is 290 g/mol. The number of nitrogens with one attached hydrogen (secondary N) is 1. The Labute approximate surface area is 130 Å². The van der Waals surface area contributed by atoms with Crippen LogP contribution in [0, 0.1) is 5.92 Å². The van der Waals surface area contributed by atoms with Crippen molar-refractivity contribution in [3.05, 3.63) is 22.8 Å². The maximum atomic E-state index is 12.6. The molecule has 0 spiro atoms. The molecule has 1 aromatic heterocycles. The second-order valence-corrected chi connectivity index (χ2v) is 5.68. The number of hydrogen-bond donors (Lipinski definition) is 1. The highest BCUT2D eigenvalue weighted by Crippen LogP contribution is 2.23. The maximum Gasteiger partial charge on any atom is 0.255 e. The van der Waals surface area contributed by atoms with Crippen molar-refractivity contribution >= 4 is 23.3 Å². The molecule has 0 aromatic carbocycles. The van der Waals surface area contributed by atoms with Gasteiger partial charge in [0.2, 0.25) is 0 Å². The van der Waals surface area contributed by atoms with Crippen LogP contribution >= 0.6 is 11.6 Å². The van der Waals surface area contributed by atoms with Gasteiger partial charge in [0.1, 0.15) is 5.82 Å². The molecule has 116 valence electrons. The second kappa shape index (κ2) is 7.61. The molecule has 1 N–H and O–H groups in total. The van der Waals surface area contributed by atoms with E-state index in [0.29, 0.717) is 22.3 Å². The van der Waals surface area contributed by atoms with Crippen molar-refractivity contribution in [3.63, 3.8) is 0 Å². The standard InChI is InChI=1S/C15H22ClN3O2/c1-3-17-14-8-12(13(16)9-18-14)15(20)19-6-4-11(5-7-19)10-21-2/h8-9,11H,3-7,10H2,1-2H3,(H,17,18). The van der Waals surface area contributed by atoms with Crippen LogP contribution in [0.1, 0.15) is 30.1 Å². The third kappa shape index (κ3) is 4.08. The number of hydrogen-bond acceptors (Lipinski definition) is 4. The Morgan fingerprint density at radius 1 is 1.52 bits per heavy atom. The molecule has 1 aliphatic rings. The van der Waals surface area contributed by atoms with Gasteiger partial charge in [0.15, 0.2) is 0 Å². The number of aromatic nitrogens is 1. The molecule has 2 rings (SSSR count). The van der Waals surface area contributed by atoms with Gasteiger partial charge in [-0.15, -0.1) is 0 Å². The molecule has 1 aliphatic heterocycles. The van der Waals surface area contributed by atoms with Crippen LogP contribution in [0.3, 0.4) is 0 Å². The Morgan fingerprint density at radius 3 is 2.86 bits per heavy atom. The van der Waals surface area contributed by atoms with E-state index in [2.05, 4.69) is 10.3 Å². The van der Waals surface area contributed by atoms with Gasteiger partial charge in [0, 0.05) is 39.5 Å². The van der Waals surface area contributed by atoms with E-state index in [9.17, 15) is 4.79 Å². The van der Waals surface area contributed by atoms with Crippen molar-refractivity contribution < 1.29 is 9.53 Å². The van der Waals surface area contributed by atoms with Gasteiger partial charge in [-0.25, -0.2) is 4.98 Å². The molecule has 1 amide bonds. The fraction of sp³-hybridized carbons (Fsp3) is 0.600. The van der Waals surface area contributed by atoms with Crippen LogP contribution in [-0.2, 0) is 4.74 Å². The number of rotatable bonds is 5. The van der Waals surface area contributed by atoms with E-state index in [4.69, 9.17) is 16.3 Å². The van der Waals surface area contributed by atoms with Gasteiger partial charge >= 0.3 is 0 Å². The van der Waals surface area contributed by atoms with Crippen LogP contribution in [-0.4, -0.2) is 49.1 Å². The summed E-state index contributed by atoms with van der Waals surface area (Å²) < 4.78 is 5.18. The highest BCUT2D eigenvalue weighted by atomic mass is 35.5. The summed E-state index contributed by atoms with van der Waals surface area (Å²) in [4.78, 5) is 18.6. The minimum atomic E-state index is -0.0163. The SMILES string of the molecule is CCNc1cc(C(=O)N2CCC(COC)CC2)c(Cl)cn1. The predicted octanol–water partition coefficient (Wildman–Crippen LogP) is 2.67. The summed E-state index contributed by atoms with van der Waals surface area (Å²) in [7, 11) is 1.72. The quantitative estimate of drug-likeness (QED) is 0.908. The summed E-state index contributed by atoms with van der Waals surface area (Å²) >= 11 is 6.13. The minimum absolute atomic E-state index is 0.0163. The summed E-state index contributed by atoms with van der Waals surface area (Å²) in [6, 6.07) is 1.73. The van der Waals surface area contributed by atoms with Crippen molar-refractivity contribution in [2.45, 2.75) is 19.8 Å². The average molecular weight is 312 g/mol. The number of carbonyl (C=O) groups is 1. The molecule has 1 aromatic rings. The summed E-state index contributed by atoms with van der Waals surface area (Å²) in [5.41, 5.74) is 0.521. The number of ether oxygens (including phenoxy) is 1. The lowest BCUT2D eigenvalue weighted by Crippen LogP contribution is -2.39. The molecule has 5 nitrogen and oxygen atoms in total. The van der Waals surface area contributed by atoms with E-state index in [0.717, 1.165) is 39.1 Å². The lowest BCUT2D eigenvalue weighted by atomic mass is 9.97. The summed E-state index contributed by atoms with van der Waals surface area (Å²) in [6.07, 6.45) is 3.48. The highest BCUT2D eigenvalue weighted by molar-refractivity contribution is 6.33. The first-order valence-corrected chi connectivity index (χ1v) is 7.71. The smallest absolute Gasteiger partial charge is 0.255 e. The highest BCUT2D eigenvalue weighted by Gasteiger charge is 2.25. The Bertz CT molecular complexity index is 488. The molecule has 21 heavy (non-hydrogen) atoms. The summed E-state index contributed by atoms with van der Waals surface area (Å²) in [5, 5.41) is 3.50. The molecule has 0 bridgehead atoms. The van der Waals surface area contributed by atoms with Gasteiger partial charge in [-0.05, 0) is 31.7 Å². The summed E-state index contributed by atoms with van der Waals surface area (Å²) in [6.45, 7) is 5.01. The van der Waals surface area contributed by atoms with Crippen molar-refractivity contribution in [1.29, 1.82) is 0 Å². The van der Waals surface area contributed by atoms with E-state index in [1.165, 1.54) is 6.20 Å². The average Bonchev–Trinajstić information content (AvgIpc) is 2.50. The van der Waals surface area contributed by atoms with Gasteiger partial charge in [0.05, 0.1) is 10.6 Å². The molecule has 2 heterocycles. The zero-order valence-corrected chi connectivity index (χ0v) is 13.3. The number of halogens is 1. The predicted molar refractivity (Wildman–Crippen MR) is 83.9 cm³/mol. The first kappa shape index (κ1) is 16.0. The molecule has 0 saturated carbocycles. The Balaban J connectivity index is 2.05. The van der Waals surface area contributed by atoms with Crippen LogP contribution in [0.2, 0.25) is 5.02 Å². The number of pyridine rings is 1. The first-order chi connectivity index (χ1) is 10.2. The van der Waals surface area contributed by atoms with E-state index in [-0.39, 0.29) is 5.91 Å². The van der Waals surface area contributed by atoms with Crippen molar-refractivity contribution in [2.75, 3.05) is 38.7 Å². The van der Waals surface area contributed by atoms with Gasteiger partial charge in [-0.1, -0.05) is 11.6 Å². The van der Waals surface area contributed by atoms with Crippen LogP contribution in [0.15, 0.2) is 12.3 Å². The fourth-order valence-electron chi connectivity index (χ4n) is 2.59. The third-order valence-corrected chi connectivity index (χ3v) is 4.05. The Morgan fingerprint density at radius 2 is 2.24 bits per heavy atom. The van der Waals surface area contributed by atoms with Gasteiger partial charge in [-0.3, -0.25) is 4.79 Å². The largest absolute Gasteiger partial charge is 0.384 e. The number of nitrogens with zero attached hydrogens (tertiary/aromatic N) is 2. The zero-order valence-electron chi connectivity index (χ0n) is 12.6. The maximum absolute atomic E-state index is 12.6. The molecule has 1 fully saturated rings. The van der Waals surface area contributed by atoms with E-state index in [1.807, 2.05) is 11.8 Å². The van der Waals surface area contributed by atoms with Crippen LogP contribution in [0.25, 0.3) is 0 Å². The zero-order chi connectivity index (χ0) is 15.2. The molecule has 0 atom stereocenters. The number of amides is 1. The number of methoxy groups -OCH3 is 1. The van der Waals surface area contributed by atoms with Gasteiger partial charge < -0.3 is 15.0 Å². The number of piperidine rings is 1. The van der Waals surface area contributed by atoms with Gasteiger partial charge in [-0.2, -0.15) is 0 Å². The number of likely N-dealkylation sites (tertiary alicyclic amines) is 1. The Hall–Kier alpha value is -1.33. The number of carbonyl (C=O) groups excluding carboxylic acids is 1. The molecule has 0 radical (unpaired) electrons. The number of anilines is 1. The summed E-state index contributed by atoms with van der Waals surface area (Å²) in [5.74, 6) is 1.21. The van der Waals surface area contributed by atoms with Crippen LogP contribution in [0.4, 0.5) is 5.82 Å². The van der Waals surface area contributed by atoms with E-state index in [1.54, 1.807) is 13.2 Å². The first-order valence-electron chi connectivity index (χ1n) is 7.33. The van der Waals surface area contributed by atoms with Gasteiger partial charge in [0.25, 0.3) is 5.91 Å². The minimum Gasteiger partial charge on any atom is -0.384 e. The lowest BCUT2D eigenvalue weighted by molar-refractivity contribution is 0.0613. The lowest BCUT2D eigenvalue weighted by Gasteiger charge is -2.32. The molecule has 0 aliphatic carbocycles. The molecular formula is C15H22ClN3O2. The second-order valence-electron chi connectivity index (χ2n) is 5.27. The molecule has 0 unspecified atom stereocenters. The third-order valence-electron chi connectivity index (χ3n) is 3.75. The van der Waals surface area contributed by atoms with Crippen LogP contribution in [0.5, 0.6) is 0 Å². The monoisotopic (exact) mass is 311 g/mol. The molecule has 6 heteroatoms. The van der Waals surface area contributed by atoms with E-state index >= 15 is 0 Å². The Kier molecular flexibility index (Phi) is 5.82.